The fourth-order valence-corrected chi connectivity index (χ4v) is 14.3. The summed E-state index contributed by atoms with van der Waals surface area (Å²) in [5, 5.41) is 9.49. The van der Waals surface area contributed by atoms with Gasteiger partial charge in [0, 0.05) is 6.42 Å². The van der Waals surface area contributed by atoms with Crippen molar-refractivity contribution in [3.8, 4) is 0 Å². The molecule has 0 amide bonds. The number of fused-ring (bicyclic) bond motifs is 5. The van der Waals surface area contributed by atoms with Crippen LogP contribution < -0.4 is 0 Å². The fourth-order valence-electron chi connectivity index (χ4n) is 14.3. The summed E-state index contributed by atoms with van der Waals surface area (Å²) in [5.41, 5.74) is 5.11. The molecule has 5 aliphatic rings. The van der Waals surface area contributed by atoms with Crippen LogP contribution >= 0.6 is 0 Å². The third-order valence-electron chi connectivity index (χ3n) is 17.7. The molecule has 14 atom stereocenters. The highest BCUT2D eigenvalue weighted by atomic mass is 16.6. The van der Waals surface area contributed by atoms with Gasteiger partial charge in [0.25, 0.3) is 0 Å². The molecule has 0 radical (unpaired) electrons. The highest BCUT2D eigenvalue weighted by Gasteiger charge is 2.62. The van der Waals surface area contributed by atoms with Gasteiger partial charge in [-0.3, -0.25) is 4.79 Å². The molecule has 1 unspecified atom stereocenters. The lowest BCUT2D eigenvalue weighted by molar-refractivity contribution is -0.286. The lowest BCUT2D eigenvalue weighted by Crippen LogP contribution is -2.63. The molecule has 4 saturated carbocycles. The first-order valence-electron chi connectivity index (χ1n) is 25.1. The van der Waals surface area contributed by atoms with Crippen molar-refractivity contribution in [2.24, 2.45) is 52.3 Å². The number of ether oxygens (including phenoxy) is 5. The quantitative estimate of drug-likeness (QED) is 0.107. The molecule has 4 aromatic rings. The van der Waals surface area contributed by atoms with E-state index in [2.05, 4.69) is 130 Å². The minimum atomic E-state index is -0.659. The van der Waals surface area contributed by atoms with Crippen molar-refractivity contribution in [3.63, 3.8) is 0 Å². The van der Waals surface area contributed by atoms with E-state index in [4.69, 9.17) is 23.7 Å². The molecule has 7 nitrogen and oxygen atoms in total. The average molecular weight is 883 g/mol. The van der Waals surface area contributed by atoms with E-state index in [1.165, 1.54) is 44.9 Å². The number of hydrogen-bond acceptors (Lipinski definition) is 6. The molecule has 7 heteroatoms. The van der Waals surface area contributed by atoms with Crippen LogP contribution in [-0.2, 0) is 54.9 Å². The maximum Gasteiger partial charge on any atom is 0.303 e. The van der Waals surface area contributed by atoms with Crippen LogP contribution in [0.3, 0.4) is 0 Å². The van der Waals surface area contributed by atoms with Crippen molar-refractivity contribution < 1.29 is 33.6 Å². The SMILES string of the molecule is C[C@H](CCC(=O)O)[C@H]1CC[C@H]2[C@@H]3CC[C@@H]4CC([C@@H]5O[C@H](COCc6ccccc6)[C@@H](OCc6ccccc6)[C@H](OCc6ccccc6)[C@H]5OCc5ccccc5)CC[C@]4(C)[C@H]3CC[C@]12C. The van der Waals surface area contributed by atoms with Crippen LogP contribution in [0.15, 0.2) is 121 Å². The second-order valence-electron chi connectivity index (χ2n) is 21.3. The Morgan fingerprint density at radius 1 is 0.631 bits per heavy atom. The van der Waals surface area contributed by atoms with E-state index in [9.17, 15) is 9.90 Å². The van der Waals surface area contributed by atoms with E-state index in [0.29, 0.717) is 67.5 Å². The van der Waals surface area contributed by atoms with E-state index in [1.54, 1.807) is 0 Å². The maximum absolute atomic E-state index is 11.5. The van der Waals surface area contributed by atoms with Crippen LogP contribution in [0.1, 0.15) is 114 Å². The van der Waals surface area contributed by atoms with Gasteiger partial charge in [-0.2, -0.15) is 0 Å². The predicted molar refractivity (Wildman–Crippen MR) is 255 cm³/mol. The summed E-state index contributed by atoms with van der Waals surface area (Å²) in [6, 6.07) is 41.8. The van der Waals surface area contributed by atoms with Crippen LogP contribution in [0.2, 0.25) is 0 Å². The lowest BCUT2D eigenvalue weighted by Gasteiger charge is -2.62. The van der Waals surface area contributed by atoms with Crippen molar-refractivity contribution in [1.29, 1.82) is 0 Å². The van der Waals surface area contributed by atoms with Gasteiger partial charge in [0.1, 0.15) is 24.4 Å². The number of carboxylic acid groups (broad SMARTS) is 1. The summed E-state index contributed by atoms with van der Waals surface area (Å²) in [7, 11) is 0. The molecule has 1 aliphatic heterocycles. The van der Waals surface area contributed by atoms with E-state index in [-0.39, 0.29) is 24.7 Å². The molecule has 65 heavy (non-hydrogen) atoms. The van der Waals surface area contributed by atoms with Crippen molar-refractivity contribution in [2.45, 2.75) is 148 Å². The second-order valence-corrected chi connectivity index (χ2v) is 21.3. The lowest BCUT2D eigenvalue weighted by atomic mass is 9.43. The van der Waals surface area contributed by atoms with Crippen LogP contribution in [0.25, 0.3) is 0 Å². The number of carbonyl (C=O) groups is 1. The summed E-state index contributed by atoms with van der Waals surface area (Å²) in [4.78, 5) is 11.5. The van der Waals surface area contributed by atoms with Crippen molar-refractivity contribution in [1.82, 2.24) is 0 Å². The molecule has 0 bridgehead atoms. The van der Waals surface area contributed by atoms with Crippen molar-refractivity contribution in [3.05, 3.63) is 144 Å². The number of rotatable bonds is 18. The van der Waals surface area contributed by atoms with Gasteiger partial charge >= 0.3 is 5.97 Å². The molecular formula is C58H74O7. The standard InChI is InChI=1S/C58H74O7/c1-40(24-29-52(59)60)48-27-28-49-47-26-25-46-34-45(30-32-57(46,2)50(47)31-33-58(48,49)3)53-55(63-37-43-20-12-6-13-21-43)56(64-38-44-22-14-7-15-23-44)54(62-36-42-18-10-5-11-19-42)51(65-53)39-61-35-41-16-8-4-9-17-41/h4-23,40,45-51,53-56H,24-39H2,1-3H3,(H,59,60)/t40-,45?,46-,47+,48-,49+,50+,51-,53+,54-,55+,56+,57+,58-/m1/s1. The maximum atomic E-state index is 11.5. The Morgan fingerprint density at radius 3 is 1.74 bits per heavy atom. The van der Waals surface area contributed by atoms with Crippen molar-refractivity contribution >= 4 is 5.97 Å². The first-order chi connectivity index (χ1) is 31.7. The Balaban J connectivity index is 0.991. The first-order valence-corrected chi connectivity index (χ1v) is 25.1. The monoisotopic (exact) mass is 883 g/mol. The molecule has 0 aromatic heterocycles. The van der Waals surface area contributed by atoms with Gasteiger partial charge in [-0.05, 0) is 139 Å². The zero-order valence-electron chi connectivity index (χ0n) is 39.2. The number of carboxylic acids is 1. The van der Waals surface area contributed by atoms with Gasteiger partial charge in [-0.25, -0.2) is 0 Å². The summed E-state index contributed by atoms with van der Waals surface area (Å²) in [5.74, 6) is 3.62. The molecule has 1 saturated heterocycles. The van der Waals surface area contributed by atoms with E-state index in [1.807, 2.05) is 12.1 Å². The second kappa shape index (κ2) is 21.0. The van der Waals surface area contributed by atoms with Crippen LogP contribution in [0.4, 0.5) is 0 Å². The number of benzene rings is 4. The first kappa shape index (κ1) is 46.3. The molecule has 4 aromatic carbocycles. The van der Waals surface area contributed by atoms with Gasteiger partial charge in [-0.15, -0.1) is 0 Å². The highest BCUT2D eigenvalue weighted by molar-refractivity contribution is 5.66. The largest absolute Gasteiger partial charge is 0.481 e. The summed E-state index contributed by atoms with van der Waals surface area (Å²) >= 11 is 0. The van der Waals surface area contributed by atoms with Crippen LogP contribution in [0, 0.1) is 52.3 Å². The normalized spacial score (nSPS) is 34.8. The Hall–Kier alpha value is -3.85. The average Bonchev–Trinajstić information content (AvgIpc) is 3.70. The number of hydrogen-bond donors (Lipinski definition) is 1. The minimum absolute atomic E-state index is 0.193. The minimum Gasteiger partial charge on any atom is -0.481 e. The molecule has 0 spiro atoms. The van der Waals surface area contributed by atoms with Gasteiger partial charge in [0.05, 0.1) is 39.1 Å². The smallest absolute Gasteiger partial charge is 0.303 e. The Labute approximate surface area is 389 Å². The molecule has 4 aliphatic carbocycles. The summed E-state index contributed by atoms with van der Waals surface area (Å²) < 4.78 is 35.5. The zero-order chi connectivity index (χ0) is 44.8. The molecule has 9 rings (SSSR count). The predicted octanol–water partition coefficient (Wildman–Crippen LogP) is 12.5. The third kappa shape index (κ3) is 10.4. The molecular weight excluding hydrogens is 809 g/mol. The van der Waals surface area contributed by atoms with Crippen LogP contribution in [-0.4, -0.2) is 48.2 Å². The summed E-state index contributed by atoms with van der Waals surface area (Å²) in [6.07, 6.45) is 10.5. The van der Waals surface area contributed by atoms with Gasteiger partial charge in [0.15, 0.2) is 0 Å². The molecule has 1 heterocycles. The van der Waals surface area contributed by atoms with Crippen LogP contribution in [0.5, 0.6) is 0 Å². The number of aliphatic carboxylic acids is 1. The molecule has 5 fully saturated rings. The Kier molecular flexibility index (Phi) is 14.9. The highest BCUT2D eigenvalue weighted by Crippen LogP contribution is 2.69. The van der Waals surface area contributed by atoms with E-state index in [0.717, 1.165) is 59.3 Å². The van der Waals surface area contributed by atoms with E-state index >= 15 is 0 Å². The van der Waals surface area contributed by atoms with Gasteiger partial charge in [0.2, 0.25) is 0 Å². The zero-order valence-corrected chi connectivity index (χ0v) is 39.2. The topological polar surface area (TPSA) is 83.5 Å². The Morgan fingerprint density at radius 2 is 1.15 bits per heavy atom. The molecule has 348 valence electrons. The van der Waals surface area contributed by atoms with Crippen molar-refractivity contribution in [2.75, 3.05) is 6.61 Å². The van der Waals surface area contributed by atoms with Gasteiger partial charge in [-0.1, -0.05) is 142 Å². The fraction of sp³-hybridized carbons (Fsp3) is 0.569. The third-order valence-corrected chi connectivity index (χ3v) is 17.7. The summed E-state index contributed by atoms with van der Waals surface area (Å²) in [6.45, 7) is 9.82. The van der Waals surface area contributed by atoms with E-state index < -0.39 is 18.2 Å². The van der Waals surface area contributed by atoms with Gasteiger partial charge < -0.3 is 28.8 Å². The molecule has 1 N–H and O–H groups in total. The Bertz CT molecular complexity index is 2080.